The van der Waals surface area contributed by atoms with Gasteiger partial charge in [0, 0.05) is 38.9 Å². The molecule has 0 amide bonds. The molecule has 1 heterocycles. The van der Waals surface area contributed by atoms with Crippen LogP contribution in [0.25, 0.3) is 21.7 Å². The molecular weight excluding hydrogens is 396 g/mol. The summed E-state index contributed by atoms with van der Waals surface area (Å²) >= 11 is 6.18. The van der Waals surface area contributed by atoms with Crippen molar-refractivity contribution < 1.29 is 23.8 Å². The molecule has 3 aromatic carbocycles. The van der Waals surface area contributed by atoms with E-state index in [9.17, 15) is 14.7 Å². The highest BCUT2D eigenvalue weighted by Crippen LogP contribution is 2.31. The Balaban J connectivity index is 1.46. The summed E-state index contributed by atoms with van der Waals surface area (Å²) in [6.07, 6.45) is 0. The maximum atomic E-state index is 12.2. The van der Waals surface area contributed by atoms with Crippen LogP contribution in [0.2, 0.25) is 5.02 Å². The van der Waals surface area contributed by atoms with Gasteiger partial charge in [0.25, 0.3) is 0 Å². The van der Waals surface area contributed by atoms with Crippen LogP contribution in [0, 0.1) is 0 Å². The summed E-state index contributed by atoms with van der Waals surface area (Å²) in [7, 11) is 0. The summed E-state index contributed by atoms with van der Waals surface area (Å²) in [5.41, 5.74) is 0.0898. The van der Waals surface area contributed by atoms with Gasteiger partial charge in [0.05, 0.1) is 0 Å². The predicted molar refractivity (Wildman–Crippen MR) is 108 cm³/mol. The van der Waals surface area contributed by atoms with Gasteiger partial charge in [-0.25, -0.2) is 9.59 Å². The van der Waals surface area contributed by atoms with Crippen molar-refractivity contribution >= 4 is 39.3 Å². The molecule has 7 heteroatoms. The standard InChI is InChI=1S/C22H15ClO6/c23-18-7-8-19(17-4-2-1-3-16(17)18)27-12-22(26)28-11-13-9-21(25)29-20-10-14(24)5-6-15(13)20/h1-10,24H,11-12H2. The van der Waals surface area contributed by atoms with Gasteiger partial charge in [-0.2, -0.15) is 0 Å². The summed E-state index contributed by atoms with van der Waals surface area (Å²) in [6, 6.07) is 16.5. The van der Waals surface area contributed by atoms with E-state index in [-0.39, 0.29) is 24.5 Å². The number of benzene rings is 3. The summed E-state index contributed by atoms with van der Waals surface area (Å²) in [5.74, 6) is -0.106. The number of carbonyl (C=O) groups is 1. The average Bonchev–Trinajstić information content (AvgIpc) is 2.71. The predicted octanol–water partition coefficient (Wildman–Crippen LogP) is 4.43. The van der Waals surface area contributed by atoms with Crippen LogP contribution in [0.1, 0.15) is 5.56 Å². The Kier molecular flexibility index (Phi) is 5.10. The Morgan fingerprint density at radius 1 is 1.00 bits per heavy atom. The number of carbonyl (C=O) groups excluding carboxylic acids is 1. The van der Waals surface area contributed by atoms with Crippen molar-refractivity contribution in [1.82, 2.24) is 0 Å². The highest BCUT2D eigenvalue weighted by atomic mass is 35.5. The topological polar surface area (TPSA) is 86.0 Å². The van der Waals surface area contributed by atoms with E-state index in [1.165, 1.54) is 18.2 Å². The maximum Gasteiger partial charge on any atom is 0.344 e. The quantitative estimate of drug-likeness (QED) is 0.387. The number of ether oxygens (including phenoxy) is 2. The van der Waals surface area contributed by atoms with Crippen LogP contribution in [-0.4, -0.2) is 17.7 Å². The van der Waals surface area contributed by atoms with Crippen molar-refractivity contribution in [3.63, 3.8) is 0 Å². The van der Waals surface area contributed by atoms with Crippen LogP contribution in [0.4, 0.5) is 0 Å². The molecule has 1 aromatic heterocycles. The van der Waals surface area contributed by atoms with Crippen molar-refractivity contribution in [2.75, 3.05) is 6.61 Å². The van der Waals surface area contributed by atoms with Crippen molar-refractivity contribution in [3.8, 4) is 11.5 Å². The fraction of sp³-hybridized carbons (Fsp3) is 0.0909. The minimum absolute atomic E-state index is 0.0293. The van der Waals surface area contributed by atoms with E-state index in [0.29, 0.717) is 21.7 Å². The van der Waals surface area contributed by atoms with Gasteiger partial charge in [-0.3, -0.25) is 0 Å². The van der Waals surface area contributed by atoms with Gasteiger partial charge in [0.1, 0.15) is 23.7 Å². The SMILES string of the molecule is O=C(COc1ccc(Cl)c2ccccc12)OCc1cc(=O)oc2cc(O)ccc12. The Morgan fingerprint density at radius 3 is 2.62 bits per heavy atom. The molecular formula is C22H15ClO6. The number of aromatic hydroxyl groups is 1. The van der Waals surface area contributed by atoms with E-state index < -0.39 is 11.6 Å². The number of halogens is 1. The first-order chi connectivity index (χ1) is 14.0. The Labute approximate surface area is 169 Å². The molecule has 0 aliphatic carbocycles. The number of hydrogen-bond donors (Lipinski definition) is 1. The number of hydrogen-bond acceptors (Lipinski definition) is 6. The largest absolute Gasteiger partial charge is 0.508 e. The molecule has 0 fully saturated rings. The molecule has 0 radical (unpaired) electrons. The second-order valence-corrected chi connectivity index (χ2v) is 6.72. The molecule has 0 saturated carbocycles. The number of fused-ring (bicyclic) bond motifs is 2. The van der Waals surface area contributed by atoms with Crippen molar-refractivity contribution in [2.45, 2.75) is 6.61 Å². The number of phenols is 1. The zero-order valence-corrected chi connectivity index (χ0v) is 15.8. The lowest BCUT2D eigenvalue weighted by Gasteiger charge is -2.11. The van der Waals surface area contributed by atoms with Crippen molar-refractivity contribution in [1.29, 1.82) is 0 Å². The first kappa shape index (κ1) is 18.8. The molecule has 146 valence electrons. The zero-order valence-electron chi connectivity index (χ0n) is 15.1. The van der Waals surface area contributed by atoms with Crippen LogP contribution in [0.5, 0.6) is 11.5 Å². The van der Waals surface area contributed by atoms with E-state index in [0.717, 1.165) is 10.8 Å². The van der Waals surface area contributed by atoms with Crippen LogP contribution < -0.4 is 10.4 Å². The maximum absolute atomic E-state index is 12.2. The van der Waals surface area contributed by atoms with Crippen molar-refractivity contribution in [3.05, 3.63) is 81.7 Å². The molecule has 6 nitrogen and oxygen atoms in total. The molecule has 0 saturated heterocycles. The summed E-state index contributed by atoms with van der Waals surface area (Å²) < 4.78 is 15.9. The van der Waals surface area contributed by atoms with Gasteiger partial charge >= 0.3 is 11.6 Å². The lowest BCUT2D eigenvalue weighted by Crippen LogP contribution is -2.15. The molecule has 4 rings (SSSR count). The molecule has 0 atom stereocenters. The lowest BCUT2D eigenvalue weighted by atomic mass is 10.1. The molecule has 0 spiro atoms. The average molecular weight is 411 g/mol. The summed E-state index contributed by atoms with van der Waals surface area (Å²) in [4.78, 5) is 23.9. The Bertz CT molecular complexity index is 1280. The highest BCUT2D eigenvalue weighted by molar-refractivity contribution is 6.35. The van der Waals surface area contributed by atoms with E-state index in [4.69, 9.17) is 25.5 Å². The monoisotopic (exact) mass is 410 g/mol. The first-order valence-corrected chi connectivity index (χ1v) is 9.10. The van der Waals surface area contributed by atoms with E-state index in [1.807, 2.05) is 24.3 Å². The fourth-order valence-corrected chi connectivity index (χ4v) is 3.26. The molecule has 4 aromatic rings. The normalized spacial score (nSPS) is 10.9. The third kappa shape index (κ3) is 4.02. The molecule has 0 aliphatic rings. The molecule has 29 heavy (non-hydrogen) atoms. The minimum atomic E-state index is -0.599. The summed E-state index contributed by atoms with van der Waals surface area (Å²) in [6.45, 7) is -0.428. The van der Waals surface area contributed by atoms with Gasteiger partial charge in [0.2, 0.25) is 0 Å². The minimum Gasteiger partial charge on any atom is -0.508 e. The zero-order chi connectivity index (χ0) is 20.4. The number of phenolic OH excluding ortho intramolecular Hbond substituents is 1. The highest BCUT2D eigenvalue weighted by Gasteiger charge is 2.12. The van der Waals surface area contributed by atoms with Crippen LogP contribution in [-0.2, 0) is 16.1 Å². The molecule has 0 unspecified atom stereocenters. The number of esters is 1. The third-order valence-electron chi connectivity index (χ3n) is 4.38. The van der Waals surface area contributed by atoms with Gasteiger partial charge in [-0.15, -0.1) is 0 Å². The second-order valence-electron chi connectivity index (χ2n) is 6.31. The van der Waals surface area contributed by atoms with Gasteiger partial charge in [0.15, 0.2) is 6.61 Å². The Hall–Kier alpha value is -3.51. The van der Waals surface area contributed by atoms with E-state index in [2.05, 4.69) is 0 Å². The van der Waals surface area contributed by atoms with Crippen LogP contribution >= 0.6 is 11.6 Å². The summed E-state index contributed by atoms with van der Waals surface area (Å²) in [5, 5.41) is 12.3. The van der Waals surface area contributed by atoms with Crippen LogP contribution in [0.3, 0.4) is 0 Å². The molecule has 0 bridgehead atoms. The number of rotatable bonds is 5. The van der Waals surface area contributed by atoms with E-state index >= 15 is 0 Å². The second kappa shape index (κ2) is 7.85. The van der Waals surface area contributed by atoms with Gasteiger partial charge in [-0.1, -0.05) is 35.9 Å². The first-order valence-electron chi connectivity index (χ1n) is 8.73. The molecule has 1 N–H and O–H groups in total. The Morgan fingerprint density at radius 2 is 1.79 bits per heavy atom. The smallest absolute Gasteiger partial charge is 0.344 e. The van der Waals surface area contributed by atoms with Gasteiger partial charge in [-0.05, 0) is 24.3 Å². The fourth-order valence-electron chi connectivity index (χ4n) is 3.04. The van der Waals surface area contributed by atoms with Crippen molar-refractivity contribution in [2.24, 2.45) is 0 Å². The van der Waals surface area contributed by atoms with E-state index in [1.54, 1.807) is 18.2 Å². The molecule has 0 aliphatic heterocycles. The van der Waals surface area contributed by atoms with Crippen LogP contribution in [0.15, 0.2) is 69.9 Å². The lowest BCUT2D eigenvalue weighted by molar-refractivity contribution is -0.147. The third-order valence-corrected chi connectivity index (χ3v) is 4.71. The van der Waals surface area contributed by atoms with Gasteiger partial charge < -0.3 is 19.0 Å².